The van der Waals surface area contributed by atoms with Crippen LogP contribution in [0.5, 0.6) is 5.75 Å². The second-order valence-electron chi connectivity index (χ2n) is 7.74. The minimum Gasteiger partial charge on any atom is -0.497 e. The van der Waals surface area contributed by atoms with E-state index in [-0.39, 0.29) is 11.8 Å². The summed E-state index contributed by atoms with van der Waals surface area (Å²) in [6, 6.07) is 26.3. The first-order valence-electron chi connectivity index (χ1n) is 10.5. The van der Waals surface area contributed by atoms with Crippen LogP contribution in [0.1, 0.15) is 31.8 Å². The average molecular weight is 435 g/mol. The summed E-state index contributed by atoms with van der Waals surface area (Å²) >= 11 is 0. The number of carbonyl (C=O) groups excluding carboxylic acids is 2. The number of rotatable bonds is 6. The Morgan fingerprint density at radius 3 is 2.42 bits per heavy atom. The Morgan fingerprint density at radius 2 is 1.70 bits per heavy atom. The topological polar surface area (TPSA) is 71.0 Å². The summed E-state index contributed by atoms with van der Waals surface area (Å²) in [6.07, 6.45) is 1.57. The molecular weight excluding hydrogens is 414 g/mol. The van der Waals surface area contributed by atoms with E-state index in [9.17, 15) is 9.59 Å². The fourth-order valence-electron chi connectivity index (χ4n) is 4.00. The highest BCUT2D eigenvalue weighted by molar-refractivity contribution is 6.24. The maximum atomic E-state index is 13.0. The molecule has 0 aliphatic carbocycles. The molecule has 4 aromatic carbocycles. The molecule has 0 atom stereocenters. The van der Waals surface area contributed by atoms with Gasteiger partial charge in [0.1, 0.15) is 5.75 Å². The number of benzene rings is 4. The van der Waals surface area contributed by atoms with Crippen LogP contribution in [-0.4, -0.2) is 25.1 Å². The van der Waals surface area contributed by atoms with Crippen molar-refractivity contribution in [2.24, 2.45) is 5.10 Å². The first-order valence-corrected chi connectivity index (χ1v) is 10.5. The summed E-state index contributed by atoms with van der Waals surface area (Å²) in [7, 11) is 1.61. The molecule has 6 nitrogen and oxygen atoms in total. The summed E-state index contributed by atoms with van der Waals surface area (Å²) in [6.45, 7) is 0.435. The first kappa shape index (κ1) is 20.5. The zero-order valence-electron chi connectivity index (χ0n) is 18.0. The molecule has 0 bridgehead atoms. The molecule has 1 aliphatic rings. The molecule has 1 aliphatic heterocycles. The monoisotopic (exact) mass is 435 g/mol. The molecular formula is C27H21N3O3. The van der Waals surface area contributed by atoms with Crippen LogP contribution in [0.2, 0.25) is 0 Å². The lowest BCUT2D eigenvalue weighted by Gasteiger charge is -2.18. The number of anilines is 1. The van der Waals surface area contributed by atoms with Gasteiger partial charge in [0.15, 0.2) is 0 Å². The van der Waals surface area contributed by atoms with E-state index in [4.69, 9.17) is 4.74 Å². The standard InChI is InChI=1S/C27H21N3O3/c1-33-22-14-10-18(11-15-22)16-28-29-26(31)21-12-8-19(9-13-21)17-30-24-7-3-5-20-4-2-6-23(25(20)24)27(30)32/h2-16H,17H2,1H3,(H,29,31). The van der Waals surface area contributed by atoms with E-state index in [1.807, 2.05) is 72.8 Å². The summed E-state index contributed by atoms with van der Waals surface area (Å²) in [5, 5.41) is 6.07. The van der Waals surface area contributed by atoms with Crippen LogP contribution < -0.4 is 15.1 Å². The molecule has 0 spiro atoms. The molecule has 2 amide bonds. The number of hydrogen-bond donors (Lipinski definition) is 1. The highest BCUT2D eigenvalue weighted by atomic mass is 16.5. The third kappa shape index (κ3) is 3.94. The molecule has 0 saturated heterocycles. The van der Waals surface area contributed by atoms with Crippen molar-refractivity contribution in [2.75, 3.05) is 12.0 Å². The van der Waals surface area contributed by atoms with Gasteiger partial charge in [0, 0.05) is 16.5 Å². The molecule has 33 heavy (non-hydrogen) atoms. The summed E-state index contributed by atoms with van der Waals surface area (Å²) in [4.78, 5) is 27.2. The predicted molar refractivity (Wildman–Crippen MR) is 129 cm³/mol. The van der Waals surface area contributed by atoms with Crippen LogP contribution in [-0.2, 0) is 6.54 Å². The van der Waals surface area contributed by atoms with E-state index in [0.717, 1.165) is 38.9 Å². The minimum atomic E-state index is -0.305. The Balaban J connectivity index is 1.25. The van der Waals surface area contributed by atoms with Crippen LogP contribution in [0.25, 0.3) is 10.8 Å². The Labute approximate surface area is 191 Å². The molecule has 1 heterocycles. The van der Waals surface area contributed by atoms with Crippen molar-refractivity contribution in [2.45, 2.75) is 6.54 Å². The fourth-order valence-corrected chi connectivity index (χ4v) is 4.00. The van der Waals surface area contributed by atoms with Crippen LogP contribution in [0.15, 0.2) is 90.0 Å². The van der Waals surface area contributed by atoms with Gasteiger partial charge in [-0.1, -0.05) is 36.4 Å². The Hall–Kier alpha value is -4.45. The van der Waals surface area contributed by atoms with Crippen molar-refractivity contribution < 1.29 is 14.3 Å². The zero-order valence-corrected chi connectivity index (χ0v) is 18.0. The molecule has 6 heteroatoms. The van der Waals surface area contributed by atoms with Gasteiger partial charge in [-0.15, -0.1) is 0 Å². The smallest absolute Gasteiger partial charge is 0.271 e. The first-order chi connectivity index (χ1) is 16.1. The number of carbonyl (C=O) groups is 2. The number of methoxy groups -OCH3 is 1. The number of hydrogen-bond acceptors (Lipinski definition) is 4. The van der Waals surface area contributed by atoms with Gasteiger partial charge >= 0.3 is 0 Å². The molecule has 5 rings (SSSR count). The number of nitrogens with one attached hydrogen (secondary N) is 1. The highest BCUT2D eigenvalue weighted by Gasteiger charge is 2.29. The lowest BCUT2D eigenvalue weighted by atomic mass is 10.1. The van der Waals surface area contributed by atoms with Crippen molar-refractivity contribution in [1.82, 2.24) is 5.43 Å². The van der Waals surface area contributed by atoms with Gasteiger partial charge in [0.05, 0.1) is 25.6 Å². The Kier molecular flexibility index (Phi) is 5.32. The van der Waals surface area contributed by atoms with Gasteiger partial charge in [-0.25, -0.2) is 5.43 Å². The summed E-state index contributed by atoms with van der Waals surface area (Å²) in [5.41, 5.74) is 6.46. The predicted octanol–water partition coefficient (Wildman–Crippen LogP) is 4.77. The van der Waals surface area contributed by atoms with Gasteiger partial charge in [0.2, 0.25) is 0 Å². The van der Waals surface area contributed by atoms with E-state index in [1.54, 1.807) is 30.4 Å². The fraction of sp³-hybridized carbons (Fsp3) is 0.0741. The third-order valence-electron chi connectivity index (χ3n) is 5.70. The van der Waals surface area contributed by atoms with Gasteiger partial charge < -0.3 is 9.64 Å². The second kappa shape index (κ2) is 8.59. The molecule has 1 N–H and O–H groups in total. The van der Waals surface area contributed by atoms with E-state index in [0.29, 0.717) is 12.1 Å². The van der Waals surface area contributed by atoms with Crippen LogP contribution in [0.3, 0.4) is 0 Å². The minimum absolute atomic E-state index is 0.00325. The van der Waals surface area contributed by atoms with Crippen molar-refractivity contribution in [1.29, 1.82) is 0 Å². The molecule has 0 unspecified atom stereocenters. The van der Waals surface area contributed by atoms with Gasteiger partial charge in [-0.3, -0.25) is 9.59 Å². The highest BCUT2D eigenvalue weighted by Crippen LogP contribution is 2.37. The van der Waals surface area contributed by atoms with E-state index < -0.39 is 0 Å². The van der Waals surface area contributed by atoms with Gasteiger partial charge in [0.25, 0.3) is 11.8 Å². The third-order valence-corrected chi connectivity index (χ3v) is 5.70. The maximum Gasteiger partial charge on any atom is 0.271 e. The summed E-state index contributed by atoms with van der Waals surface area (Å²) < 4.78 is 5.12. The van der Waals surface area contributed by atoms with E-state index >= 15 is 0 Å². The molecule has 0 fully saturated rings. The number of amides is 2. The number of nitrogens with zero attached hydrogens (tertiary/aromatic N) is 2. The van der Waals surface area contributed by atoms with Crippen LogP contribution in [0.4, 0.5) is 5.69 Å². The second-order valence-corrected chi connectivity index (χ2v) is 7.74. The van der Waals surface area contributed by atoms with Crippen LogP contribution in [0, 0.1) is 0 Å². The molecule has 4 aromatic rings. The molecule has 0 radical (unpaired) electrons. The lowest BCUT2D eigenvalue weighted by Crippen LogP contribution is -2.26. The quantitative estimate of drug-likeness (QED) is 0.350. The average Bonchev–Trinajstić information content (AvgIpc) is 3.13. The van der Waals surface area contributed by atoms with Crippen molar-refractivity contribution in [3.8, 4) is 5.75 Å². The van der Waals surface area contributed by atoms with Crippen molar-refractivity contribution >= 4 is 34.5 Å². The Bertz CT molecular complexity index is 1370. The maximum absolute atomic E-state index is 13.0. The molecule has 0 aromatic heterocycles. The Morgan fingerprint density at radius 1 is 0.970 bits per heavy atom. The van der Waals surface area contributed by atoms with E-state index in [2.05, 4.69) is 10.5 Å². The lowest BCUT2D eigenvalue weighted by molar-refractivity contribution is 0.0953. The zero-order chi connectivity index (χ0) is 22.8. The summed E-state index contributed by atoms with van der Waals surface area (Å²) in [5.74, 6) is 0.449. The van der Waals surface area contributed by atoms with Gasteiger partial charge in [-0.2, -0.15) is 5.10 Å². The molecule has 0 saturated carbocycles. The molecule has 162 valence electrons. The van der Waals surface area contributed by atoms with Crippen LogP contribution >= 0.6 is 0 Å². The van der Waals surface area contributed by atoms with Crippen molar-refractivity contribution in [3.63, 3.8) is 0 Å². The largest absolute Gasteiger partial charge is 0.497 e. The number of ether oxygens (including phenoxy) is 1. The number of hydrazone groups is 1. The van der Waals surface area contributed by atoms with Gasteiger partial charge in [-0.05, 0) is 65.0 Å². The van der Waals surface area contributed by atoms with Crippen molar-refractivity contribution in [3.05, 3.63) is 107 Å². The van der Waals surface area contributed by atoms with E-state index in [1.165, 1.54) is 0 Å². The normalized spacial score (nSPS) is 12.5. The SMILES string of the molecule is COc1ccc(C=NNC(=O)c2ccc(CN3C(=O)c4cccc5cccc3c45)cc2)cc1.